The summed E-state index contributed by atoms with van der Waals surface area (Å²) in [6.07, 6.45) is 7.06. The minimum absolute atomic E-state index is 0.868. The Hall–Kier alpha value is 0. The molecule has 0 rings (SSSR count). The predicted octanol–water partition coefficient (Wildman–Crippen LogP) is 5.52. The van der Waals surface area contributed by atoms with Gasteiger partial charge in [0.25, 0.3) is 0 Å². The van der Waals surface area contributed by atoms with E-state index in [0.717, 1.165) is 23.7 Å². The molecule has 0 heteroatoms. The van der Waals surface area contributed by atoms with Crippen LogP contribution in [0, 0.1) is 23.7 Å². The fourth-order valence-corrected chi connectivity index (χ4v) is 2.06. The lowest BCUT2D eigenvalue weighted by molar-refractivity contribution is 0.287. The van der Waals surface area contributed by atoms with Crippen LogP contribution in [0.1, 0.15) is 73.6 Å². The average Bonchev–Trinajstić information content (AvgIpc) is 2.16. The fraction of sp³-hybridized carbons (Fsp3) is 1.00. The lowest BCUT2D eigenvalue weighted by Gasteiger charge is -2.23. The first-order valence-electron chi connectivity index (χ1n) is 6.97. The van der Waals surface area contributed by atoms with Gasteiger partial charge in [-0.1, -0.05) is 60.8 Å². The van der Waals surface area contributed by atoms with Crippen molar-refractivity contribution in [3.05, 3.63) is 0 Å². The number of hydrogen-bond acceptors (Lipinski definition) is 0. The first kappa shape index (κ1) is 15.0. The molecule has 15 heavy (non-hydrogen) atoms. The summed E-state index contributed by atoms with van der Waals surface area (Å²) < 4.78 is 0. The molecule has 0 saturated carbocycles. The van der Waals surface area contributed by atoms with E-state index >= 15 is 0 Å². The maximum Gasteiger partial charge on any atom is -0.0391 e. The molecule has 0 saturated heterocycles. The summed E-state index contributed by atoms with van der Waals surface area (Å²) in [7, 11) is 0. The second kappa shape index (κ2) is 8.19. The van der Waals surface area contributed by atoms with E-state index in [9.17, 15) is 0 Å². The average molecular weight is 212 g/mol. The van der Waals surface area contributed by atoms with Gasteiger partial charge in [0.2, 0.25) is 0 Å². The molecule has 0 aromatic heterocycles. The molecule has 0 heterocycles. The third kappa shape index (κ3) is 7.88. The Morgan fingerprint density at radius 3 is 1.67 bits per heavy atom. The van der Waals surface area contributed by atoms with Crippen molar-refractivity contribution in [1.29, 1.82) is 0 Å². The Morgan fingerprint density at radius 1 is 0.733 bits per heavy atom. The van der Waals surface area contributed by atoms with Crippen molar-refractivity contribution in [3.63, 3.8) is 0 Å². The first-order valence-corrected chi connectivity index (χ1v) is 6.97. The van der Waals surface area contributed by atoms with Gasteiger partial charge in [0.15, 0.2) is 0 Å². The van der Waals surface area contributed by atoms with Crippen molar-refractivity contribution >= 4 is 0 Å². The van der Waals surface area contributed by atoms with Crippen molar-refractivity contribution in [2.45, 2.75) is 73.6 Å². The van der Waals surface area contributed by atoms with Crippen LogP contribution < -0.4 is 0 Å². The summed E-state index contributed by atoms with van der Waals surface area (Å²) in [4.78, 5) is 0. The van der Waals surface area contributed by atoms with Crippen LogP contribution in [-0.4, -0.2) is 0 Å². The Kier molecular flexibility index (Phi) is 8.19. The van der Waals surface area contributed by atoms with Gasteiger partial charge in [-0.15, -0.1) is 0 Å². The normalized spacial score (nSPS) is 16.0. The molecule has 0 bridgehead atoms. The van der Waals surface area contributed by atoms with Crippen molar-refractivity contribution < 1.29 is 0 Å². The predicted molar refractivity (Wildman–Crippen MR) is 71.1 cm³/mol. The van der Waals surface area contributed by atoms with E-state index in [-0.39, 0.29) is 0 Å². The van der Waals surface area contributed by atoms with Crippen LogP contribution in [0.4, 0.5) is 0 Å². The van der Waals surface area contributed by atoms with E-state index in [1.165, 1.54) is 32.1 Å². The Balaban J connectivity index is 3.83. The summed E-state index contributed by atoms with van der Waals surface area (Å²) >= 11 is 0. The van der Waals surface area contributed by atoms with Gasteiger partial charge in [-0.2, -0.15) is 0 Å². The molecule has 0 fully saturated rings. The van der Waals surface area contributed by atoms with E-state index in [1.54, 1.807) is 0 Å². The second-order valence-electron chi connectivity index (χ2n) is 6.07. The molecule has 0 amide bonds. The number of rotatable bonds is 8. The minimum Gasteiger partial charge on any atom is -0.0651 e. The molecule has 0 aromatic rings. The van der Waals surface area contributed by atoms with Crippen LogP contribution in [0.3, 0.4) is 0 Å². The summed E-state index contributed by atoms with van der Waals surface area (Å²) in [5.41, 5.74) is 0. The zero-order valence-corrected chi connectivity index (χ0v) is 11.8. The van der Waals surface area contributed by atoms with E-state index in [1.807, 2.05) is 0 Å². The molecule has 0 N–H and O–H groups in total. The molecular weight excluding hydrogens is 180 g/mol. The summed E-state index contributed by atoms with van der Waals surface area (Å²) in [5, 5.41) is 0. The maximum absolute atomic E-state index is 2.39. The van der Waals surface area contributed by atoms with Gasteiger partial charge in [-0.25, -0.2) is 0 Å². The lowest BCUT2D eigenvalue weighted by Crippen LogP contribution is -2.11. The monoisotopic (exact) mass is 212 g/mol. The Bertz CT molecular complexity index is 135. The van der Waals surface area contributed by atoms with Crippen LogP contribution in [0.25, 0.3) is 0 Å². The molecule has 0 aliphatic carbocycles. The third-order valence-corrected chi connectivity index (χ3v) is 3.78. The van der Waals surface area contributed by atoms with Crippen LogP contribution in [-0.2, 0) is 0 Å². The minimum atomic E-state index is 0.868. The van der Waals surface area contributed by atoms with Crippen LogP contribution in [0.2, 0.25) is 0 Å². The molecule has 2 atom stereocenters. The van der Waals surface area contributed by atoms with Crippen molar-refractivity contribution in [1.82, 2.24) is 0 Å². The molecule has 2 unspecified atom stereocenters. The van der Waals surface area contributed by atoms with Crippen molar-refractivity contribution in [3.8, 4) is 0 Å². The molecular formula is C15H32. The van der Waals surface area contributed by atoms with E-state index in [4.69, 9.17) is 0 Å². The molecule has 0 aliphatic rings. The van der Waals surface area contributed by atoms with Gasteiger partial charge in [0.1, 0.15) is 0 Å². The number of hydrogen-bond donors (Lipinski definition) is 0. The summed E-state index contributed by atoms with van der Waals surface area (Å²) in [6, 6.07) is 0. The highest BCUT2D eigenvalue weighted by Gasteiger charge is 2.14. The third-order valence-electron chi connectivity index (χ3n) is 3.78. The van der Waals surface area contributed by atoms with Gasteiger partial charge >= 0.3 is 0 Å². The highest BCUT2D eigenvalue weighted by molar-refractivity contribution is 4.66. The molecule has 0 aliphatic heterocycles. The largest absolute Gasteiger partial charge is 0.0651 e. The quantitative estimate of drug-likeness (QED) is 0.497. The topological polar surface area (TPSA) is 0 Å². The van der Waals surface area contributed by atoms with Crippen molar-refractivity contribution in [2.24, 2.45) is 23.7 Å². The molecule has 0 nitrogen and oxygen atoms in total. The van der Waals surface area contributed by atoms with Crippen LogP contribution in [0.15, 0.2) is 0 Å². The molecule has 0 aromatic carbocycles. The summed E-state index contributed by atoms with van der Waals surface area (Å²) in [5.74, 6) is 3.62. The lowest BCUT2D eigenvalue weighted by atomic mass is 9.83. The Labute approximate surface area is 97.8 Å². The zero-order valence-electron chi connectivity index (χ0n) is 11.8. The first-order chi connectivity index (χ1) is 6.97. The van der Waals surface area contributed by atoms with Crippen molar-refractivity contribution in [2.75, 3.05) is 0 Å². The molecule has 92 valence electrons. The highest BCUT2D eigenvalue weighted by Crippen LogP contribution is 2.26. The van der Waals surface area contributed by atoms with Gasteiger partial charge in [-0.3, -0.25) is 0 Å². The van der Waals surface area contributed by atoms with E-state index < -0.39 is 0 Å². The van der Waals surface area contributed by atoms with Gasteiger partial charge < -0.3 is 0 Å². The van der Waals surface area contributed by atoms with E-state index in [2.05, 4.69) is 41.5 Å². The standard InChI is InChI=1S/C15H32/c1-7-14(6)9-11-15(13(4)5)10-8-12(2)3/h12-15H,7-11H2,1-6H3. The second-order valence-corrected chi connectivity index (χ2v) is 6.07. The Morgan fingerprint density at radius 2 is 1.27 bits per heavy atom. The van der Waals surface area contributed by atoms with E-state index in [0.29, 0.717) is 0 Å². The summed E-state index contributed by atoms with van der Waals surface area (Å²) in [6.45, 7) is 14.2. The SMILES string of the molecule is CCC(C)CCC(CCC(C)C)C(C)C. The molecule has 0 radical (unpaired) electrons. The molecule has 0 spiro atoms. The van der Waals surface area contributed by atoms with Crippen LogP contribution >= 0.6 is 0 Å². The van der Waals surface area contributed by atoms with Gasteiger partial charge in [0.05, 0.1) is 0 Å². The smallest absolute Gasteiger partial charge is 0.0391 e. The fourth-order valence-electron chi connectivity index (χ4n) is 2.06. The van der Waals surface area contributed by atoms with Gasteiger partial charge in [0, 0.05) is 0 Å². The highest BCUT2D eigenvalue weighted by atomic mass is 14.2. The van der Waals surface area contributed by atoms with Crippen LogP contribution in [0.5, 0.6) is 0 Å². The zero-order chi connectivity index (χ0) is 11.8. The maximum atomic E-state index is 2.39. The van der Waals surface area contributed by atoms with Gasteiger partial charge in [-0.05, 0) is 36.5 Å².